The maximum Gasteiger partial charge on any atom is 0.498 e. The second kappa shape index (κ2) is 4.36. The van der Waals surface area contributed by atoms with E-state index in [0.29, 0.717) is 11.6 Å². The molecule has 0 atom stereocenters. The van der Waals surface area contributed by atoms with E-state index in [0.717, 1.165) is 18.3 Å². The van der Waals surface area contributed by atoms with Gasteiger partial charge >= 0.3 is 7.12 Å². The van der Waals surface area contributed by atoms with Crippen molar-refractivity contribution in [3.63, 3.8) is 0 Å². The van der Waals surface area contributed by atoms with Gasteiger partial charge in [-0.25, -0.2) is 4.98 Å². The van der Waals surface area contributed by atoms with Gasteiger partial charge in [0.25, 0.3) is 0 Å². The summed E-state index contributed by atoms with van der Waals surface area (Å²) in [6, 6.07) is 1.86. The van der Waals surface area contributed by atoms with E-state index < -0.39 is 7.12 Å². The molecule has 1 saturated heterocycles. The fourth-order valence-corrected chi connectivity index (χ4v) is 2.12. The van der Waals surface area contributed by atoms with Crippen molar-refractivity contribution in [1.82, 2.24) is 4.98 Å². The van der Waals surface area contributed by atoms with Crippen LogP contribution in [0.1, 0.15) is 40.5 Å². The summed E-state index contributed by atoms with van der Waals surface area (Å²) in [6.45, 7) is 8.11. The van der Waals surface area contributed by atoms with Crippen molar-refractivity contribution in [1.29, 1.82) is 0 Å². The highest BCUT2D eigenvalue weighted by Crippen LogP contribution is 2.38. The second-order valence-electron chi connectivity index (χ2n) is 6.52. The highest BCUT2D eigenvalue weighted by atomic mass is 16.7. The van der Waals surface area contributed by atoms with Crippen LogP contribution in [0.25, 0.3) is 0 Å². The van der Waals surface area contributed by atoms with Crippen LogP contribution in [-0.4, -0.2) is 29.4 Å². The summed E-state index contributed by atoms with van der Waals surface area (Å²) >= 11 is 0. The van der Waals surface area contributed by atoms with Gasteiger partial charge in [-0.05, 0) is 46.6 Å². The first-order valence-corrected chi connectivity index (χ1v) is 7.07. The first-order valence-electron chi connectivity index (χ1n) is 7.07. The Balaban J connectivity index is 1.93. The van der Waals surface area contributed by atoms with Crippen LogP contribution < -0.4 is 15.9 Å². The van der Waals surface area contributed by atoms with Crippen LogP contribution in [0.5, 0.6) is 5.75 Å². The molecule has 20 heavy (non-hydrogen) atoms. The molecule has 1 aromatic rings. The number of nitrogens with zero attached hydrogens (tertiary/aromatic N) is 1. The smallest absolute Gasteiger partial charge is 0.487 e. The largest absolute Gasteiger partial charge is 0.498 e. The van der Waals surface area contributed by atoms with Crippen molar-refractivity contribution in [3.8, 4) is 5.75 Å². The SMILES string of the molecule is CC1(C)OB(c2ccnc(N)c2OC2CC2)OC1(C)C. The second-order valence-corrected chi connectivity index (χ2v) is 6.52. The highest BCUT2D eigenvalue weighted by molar-refractivity contribution is 6.63. The lowest BCUT2D eigenvalue weighted by Crippen LogP contribution is -2.41. The number of pyridine rings is 1. The molecule has 2 fully saturated rings. The van der Waals surface area contributed by atoms with Crippen LogP contribution in [0.4, 0.5) is 5.82 Å². The number of ether oxygens (including phenoxy) is 1. The molecule has 108 valence electrons. The zero-order chi connectivity index (χ0) is 14.5. The van der Waals surface area contributed by atoms with Crippen LogP contribution in [-0.2, 0) is 9.31 Å². The first-order chi connectivity index (χ1) is 9.30. The van der Waals surface area contributed by atoms with E-state index in [1.54, 1.807) is 6.20 Å². The molecule has 2 aliphatic rings. The summed E-state index contributed by atoms with van der Waals surface area (Å²) in [5, 5.41) is 0. The minimum absolute atomic E-state index is 0.252. The number of aromatic nitrogens is 1. The molecular weight excluding hydrogens is 255 g/mol. The number of anilines is 1. The topological polar surface area (TPSA) is 66.6 Å². The van der Waals surface area contributed by atoms with Gasteiger partial charge in [0.05, 0.1) is 17.3 Å². The van der Waals surface area contributed by atoms with Gasteiger partial charge in [-0.1, -0.05) is 0 Å². The van der Waals surface area contributed by atoms with Crippen molar-refractivity contribution in [2.45, 2.75) is 57.8 Å². The summed E-state index contributed by atoms with van der Waals surface area (Å²) in [6.07, 6.45) is 4.05. The predicted molar refractivity (Wildman–Crippen MR) is 78.0 cm³/mol. The van der Waals surface area contributed by atoms with E-state index >= 15 is 0 Å². The van der Waals surface area contributed by atoms with Crippen molar-refractivity contribution in [3.05, 3.63) is 12.3 Å². The zero-order valence-electron chi connectivity index (χ0n) is 12.5. The van der Waals surface area contributed by atoms with Crippen LogP contribution in [0.15, 0.2) is 12.3 Å². The van der Waals surface area contributed by atoms with E-state index in [4.69, 9.17) is 19.8 Å². The summed E-state index contributed by atoms with van der Waals surface area (Å²) in [5.74, 6) is 0.998. The van der Waals surface area contributed by atoms with Crippen molar-refractivity contribution in [2.75, 3.05) is 5.73 Å². The van der Waals surface area contributed by atoms with Gasteiger partial charge < -0.3 is 19.8 Å². The average Bonchev–Trinajstić information content (AvgIpc) is 3.10. The Bertz CT molecular complexity index is 513. The lowest BCUT2D eigenvalue weighted by Gasteiger charge is -2.32. The summed E-state index contributed by atoms with van der Waals surface area (Å²) in [4.78, 5) is 4.11. The third-order valence-electron chi connectivity index (χ3n) is 4.28. The molecule has 1 aliphatic heterocycles. The molecule has 0 bridgehead atoms. The van der Waals surface area contributed by atoms with Crippen molar-refractivity contribution >= 4 is 18.4 Å². The molecule has 5 nitrogen and oxygen atoms in total. The predicted octanol–water partition coefficient (Wildman–Crippen LogP) is 1.50. The minimum Gasteiger partial charge on any atom is -0.487 e. The summed E-state index contributed by atoms with van der Waals surface area (Å²) < 4.78 is 18.0. The molecule has 0 unspecified atom stereocenters. The molecule has 6 heteroatoms. The maximum atomic E-state index is 6.06. The van der Waals surface area contributed by atoms with Gasteiger partial charge in [0.15, 0.2) is 11.6 Å². The number of nitrogen functional groups attached to an aromatic ring is 1. The molecule has 1 aliphatic carbocycles. The molecule has 2 heterocycles. The quantitative estimate of drug-likeness (QED) is 0.847. The molecule has 0 radical (unpaired) electrons. The molecule has 1 saturated carbocycles. The first kappa shape index (κ1) is 13.7. The Morgan fingerprint density at radius 3 is 2.40 bits per heavy atom. The Morgan fingerprint density at radius 2 is 1.85 bits per heavy atom. The fourth-order valence-electron chi connectivity index (χ4n) is 2.12. The molecule has 1 aromatic heterocycles. The Hall–Kier alpha value is -1.27. The van der Waals surface area contributed by atoms with Gasteiger partial charge in [0.1, 0.15) is 0 Å². The standard InChI is InChI=1S/C14H21BN2O3/c1-13(2)14(3,4)20-15(19-13)10-7-8-17-12(16)11(10)18-9-5-6-9/h7-9H,5-6H2,1-4H3,(H2,16,17). The fraction of sp³-hybridized carbons (Fsp3) is 0.643. The van der Waals surface area contributed by atoms with E-state index in [1.165, 1.54) is 0 Å². The van der Waals surface area contributed by atoms with Gasteiger partial charge in [0.2, 0.25) is 0 Å². The number of hydrogen-bond donors (Lipinski definition) is 1. The van der Waals surface area contributed by atoms with Crippen LogP contribution >= 0.6 is 0 Å². The number of rotatable bonds is 3. The van der Waals surface area contributed by atoms with Crippen LogP contribution in [0.3, 0.4) is 0 Å². The van der Waals surface area contributed by atoms with Gasteiger partial charge in [-0.15, -0.1) is 0 Å². The minimum atomic E-state index is -0.473. The lowest BCUT2D eigenvalue weighted by atomic mass is 9.79. The van der Waals surface area contributed by atoms with Crippen molar-refractivity contribution in [2.24, 2.45) is 0 Å². The van der Waals surface area contributed by atoms with Gasteiger partial charge in [0, 0.05) is 11.7 Å². The molecule has 3 rings (SSSR count). The molecule has 2 N–H and O–H groups in total. The molecule has 0 spiro atoms. The van der Waals surface area contributed by atoms with E-state index in [9.17, 15) is 0 Å². The van der Waals surface area contributed by atoms with Gasteiger partial charge in [-0.2, -0.15) is 0 Å². The van der Waals surface area contributed by atoms with E-state index in [-0.39, 0.29) is 17.3 Å². The van der Waals surface area contributed by atoms with Crippen LogP contribution in [0, 0.1) is 0 Å². The Morgan fingerprint density at radius 1 is 1.25 bits per heavy atom. The molecule has 0 aromatic carbocycles. The molecular formula is C14H21BN2O3. The maximum absolute atomic E-state index is 6.06. The number of hydrogen-bond acceptors (Lipinski definition) is 5. The van der Waals surface area contributed by atoms with Crippen LogP contribution in [0.2, 0.25) is 0 Å². The zero-order valence-corrected chi connectivity index (χ0v) is 12.5. The Labute approximate surface area is 119 Å². The monoisotopic (exact) mass is 276 g/mol. The molecule has 0 amide bonds. The third-order valence-corrected chi connectivity index (χ3v) is 4.28. The average molecular weight is 276 g/mol. The normalized spacial score (nSPS) is 23.9. The third kappa shape index (κ3) is 2.27. The highest BCUT2D eigenvalue weighted by Gasteiger charge is 2.52. The van der Waals surface area contributed by atoms with E-state index in [2.05, 4.69) is 4.98 Å². The summed E-state index contributed by atoms with van der Waals surface area (Å²) in [5.41, 5.74) is 6.01. The lowest BCUT2D eigenvalue weighted by molar-refractivity contribution is 0.00578. The van der Waals surface area contributed by atoms with Crippen molar-refractivity contribution < 1.29 is 14.0 Å². The summed E-state index contributed by atoms with van der Waals surface area (Å²) in [7, 11) is -0.473. The van der Waals surface area contributed by atoms with E-state index in [1.807, 2.05) is 33.8 Å². The number of nitrogens with two attached hydrogens (primary N) is 1. The van der Waals surface area contributed by atoms with Gasteiger partial charge in [-0.3, -0.25) is 0 Å². The Kier molecular flexibility index (Phi) is 2.99.